The van der Waals surface area contributed by atoms with Crippen LogP contribution in [0.25, 0.3) is 10.1 Å². The zero-order valence-electron chi connectivity index (χ0n) is 13.5. The molecule has 26 heavy (non-hydrogen) atoms. The zero-order chi connectivity index (χ0) is 18.5. The number of pyridine rings is 1. The lowest BCUT2D eigenvalue weighted by atomic mass is 10.00. The first-order chi connectivity index (χ1) is 12.3. The van der Waals surface area contributed by atoms with Gasteiger partial charge in [-0.2, -0.15) is 13.2 Å². The van der Waals surface area contributed by atoms with Crippen LogP contribution in [0.2, 0.25) is 0 Å². The zero-order valence-corrected chi connectivity index (χ0v) is 14.3. The number of fused-ring (bicyclic) bond motifs is 3. The molecule has 2 fully saturated rings. The topological polar surface area (TPSA) is 74.3 Å². The SMILES string of the molecule is O=C(NC1CN2CC[C@H]1C2)c1cc2sc(NC(=O)C(F)(F)F)cc2cn1. The van der Waals surface area contributed by atoms with Crippen molar-refractivity contribution in [1.82, 2.24) is 15.2 Å². The van der Waals surface area contributed by atoms with Gasteiger partial charge < -0.3 is 15.5 Å². The van der Waals surface area contributed by atoms with Gasteiger partial charge in [0.05, 0.1) is 5.00 Å². The molecule has 2 aliphatic heterocycles. The maximum absolute atomic E-state index is 12.4. The predicted molar refractivity (Wildman–Crippen MR) is 90.1 cm³/mol. The standard InChI is InChI=1S/C16H15F3N4O2S/c17-16(18,19)15(25)22-13-3-9-5-20-10(4-12(9)26-13)14(24)21-11-7-23-2-1-8(11)6-23/h3-5,8,11H,1-2,6-7H2,(H,21,24)(H,22,25)/t8-,11?/m0/s1. The number of hydrogen-bond donors (Lipinski definition) is 2. The normalized spacial score (nSPS) is 24.8. The van der Waals surface area contributed by atoms with E-state index in [-0.39, 0.29) is 22.6 Å². The Morgan fingerprint density at radius 3 is 2.73 bits per heavy atom. The summed E-state index contributed by atoms with van der Waals surface area (Å²) in [5.74, 6) is -1.85. The third kappa shape index (κ3) is 3.26. The molecule has 2 aromatic heterocycles. The van der Waals surface area contributed by atoms with Crippen LogP contribution in [-0.4, -0.2) is 53.6 Å². The van der Waals surface area contributed by atoms with E-state index >= 15 is 0 Å². The van der Waals surface area contributed by atoms with Gasteiger partial charge in [-0.1, -0.05) is 0 Å². The van der Waals surface area contributed by atoms with E-state index in [1.807, 2.05) is 5.32 Å². The average molecular weight is 384 g/mol. The summed E-state index contributed by atoms with van der Waals surface area (Å²) < 4.78 is 37.6. The lowest BCUT2D eigenvalue weighted by Crippen LogP contribution is -2.43. The number of alkyl halides is 3. The molecule has 2 amide bonds. The molecular weight excluding hydrogens is 369 g/mol. The van der Waals surface area contributed by atoms with Crippen molar-refractivity contribution in [1.29, 1.82) is 0 Å². The van der Waals surface area contributed by atoms with Gasteiger partial charge in [0, 0.05) is 35.4 Å². The van der Waals surface area contributed by atoms with Gasteiger partial charge in [0.2, 0.25) is 0 Å². The second-order valence-electron chi connectivity index (χ2n) is 6.56. The van der Waals surface area contributed by atoms with Crippen LogP contribution in [-0.2, 0) is 4.79 Å². The number of nitrogens with zero attached hydrogens (tertiary/aromatic N) is 2. The Hall–Kier alpha value is -2.20. The summed E-state index contributed by atoms with van der Waals surface area (Å²) in [5.41, 5.74) is 0.214. The number of rotatable bonds is 3. The van der Waals surface area contributed by atoms with Crippen molar-refractivity contribution in [3.05, 3.63) is 24.0 Å². The predicted octanol–water partition coefficient (Wildman–Crippen LogP) is 2.23. The van der Waals surface area contributed by atoms with E-state index < -0.39 is 12.1 Å². The molecule has 6 nitrogen and oxygen atoms in total. The number of amides is 2. The summed E-state index contributed by atoms with van der Waals surface area (Å²) in [6.45, 7) is 2.92. The first-order valence-electron chi connectivity index (χ1n) is 8.10. The van der Waals surface area contributed by atoms with Crippen LogP contribution in [0.4, 0.5) is 18.2 Å². The maximum Gasteiger partial charge on any atom is 0.471 e. The number of thiophene rings is 1. The van der Waals surface area contributed by atoms with Crippen LogP contribution >= 0.6 is 11.3 Å². The van der Waals surface area contributed by atoms with E-state index in [1.165, 1.54) is 18.3 Å². The number of carbonyl (C=O) groups excluding carboxylic acids is 2. The van der Waals surface area contributed by atoms with E-state index in [2.05, 4.69) is 15.2 Å². The minimum atomic E-state index is -4.95. The van der Waals surface area contributed by atoms with Crippen LogP contribution in [0.1, 0.15) is 16.9 Å². The smallest absolute Gasteiger partial charge is 0.346 e. The van der Waals surface area contributed by atoms with Crippen molar-refractivity contribution >= 4 is 38.2 Å². The number of carbonyl (C=O) groups is 2. The molecule has 0 saturated carbocycles. The van der Waals surface area contributed by atoms with Crippen molar-refractivity contribution in [2.45, 2.75) is 18.6 Å². The Kier molecular flexibility index (Phi) is 4.11. The molecule has 0 spiro atoms. The van der Waals surface area contributed by atoms with Crippen molar-refractivity contribution in [3.63, 3.8) is 0 Å². The molecule has 0 radical (unpaired) electrons. The molecule has 0 aromatic carbocycles. The van der Waals surface area contributed by atoms with Gasteiger partial charge in [-0.15, -0.1) is 11.3 Å². The lowest BCUT2D eigenvalue weighted by molar-refractivity contribution is -0.167. The fraction of sp³-hybridized carbons (Fsp3) is 0.438. The Balaban J connectivity index is 1.48. The highest BCUT2D eigenvalue weighted by Crippen LogP contribution is 2.31. The molecule has 2 saturated heterocycles. The summed E-state index contributed by atoms with van der Waals surface area (Å²) in [4.78, 5) is 29.9. The largest absolute Gasteiger partial charge is 0.471 e. The van der Waals surface area contributed by atoms with Gasteiger partial charge in [-0.3, -0.25) is 14.6 Å². The van der Waals surface area contributed by atoms with E-state index in [1.54, 1.807) is 0 Å². The van der Waals surface area contributed by atoms with Crippen LogP contribution < -0.4 is 10.6 Å². The summed E-state index contributed by atoms with van der Waals surface area (Å²) in [7, 11) is 0. The Morgan fingerprint density at radius 2 is 2.08 bits per heavy atom. The molecule has 4 heterocycles. The second-order valence-corrected chi connectivity index (χ2v) is 7.64. The van der Waals surface area contributed by atoms with Gasteiger partial charge >= 0.3 is 12.1 Å². The summed E-state index contributed by atoms with van der Waals surface area (Å²) >= 11 is 0.968. The summed E-state index contributed by atoms with van der Waals surface area (Å²) in [5, 5.41) is 5.43. The fourth-order valence-electron chi connectivity index (χ4n) is 3.49. The lowest BCUT2D eigenvalue weighted by Gasteiger charge is -2.22. The third-order valence-corrected chi connectivity index (χ3v) is 5.79. The van der Waals surface area contributed by atoms with Gasteiger partial charge in [0.25, 0.3) is 5.91 Å². The number of halogens is 3. The quantitative estimate of drug-likeness (QED) is 0.851. The van der Waals surface area contributed by atoms with E-state index in [9.17, 15) is 22.8 Å². The van der Waals surface area contributed by atoms with E-state index in [4.69, 9.17) is 0 Å². The minimum absolute atomic E-state index is 0.0579. The summed E-state index contributed by atoms with van der Waals surface area (Å²) in [6.07, 6.45) is -2.45. The summed E-state index contributed by atoms with van der Waals surface area (Å²) in [6, 6.07) is 3.05. The molecule has 2 unspecified atom stereocenters. The van der Waals surface area contributed by atoms with Gasteiger partial charge in [0.1, 0.15) is 5.69 Å². The number of hydrogen-bond acceptors (Lipinski definition) is 5. The second kappa shape index (κ2) is 6.20. The monoisotopic (exact) mass is 384 g/mol. The van der Waals surface area contributed by atoms with Gasteiger partial charge in [-0.25, -0.2) is 0 Å². The number of nitrogens with one attached hydrogen (secondary N) is 2. The first kappa shape index (κ1) is 17.2. The Morgan fingerprint density at radius 1 is 1.27 bits per heavy atom. The van der Waals surface area contributed by atoms with E-state index in [0.29, 0.717) is 16.0 Å². The number of anilines is 1. The highest BCUT2D eigenvalue weighted by molar-refractivity contribution is 7.23. The van der Waals surface area contributed by atoms with Crippen LogP contribution in [0, 0.1) is 5.92 Å². The molecule has 0 aliphatic carbocycles. The van der Waals surface area contributed by atoms with Gasteiger partial charge in [0.15, 0.2) is 0 Å². The first-order valence-corrected chi connectivity index (χ1v) is 8.92. The van der Waals surface area contributed by atoms with Crippen molar-refractivity contribution in [3.8, 4) is 0 Å². The fourth-order valence-corrected chi connectivity index (χ4v) is 4.46. The average Bonchev–Trinajstić information content (AvgIpc) is 3.27. The molecule has 2 aromatic rings. The Labute approximate surface area is 150 Å². The molecule has 4 rings (SSSR count). The van der Waals surface area contributed by atoms with Crippen LogP contribution in [0.5, 0.6) is 0 Å². The highest BCUT2D eigenvalue weighted by Gasteiger charge is 2.39. The highest BCUT2D eigenvalue weighted by atomic mass is 32.1. The van der Waals surface area contributed by atoms with Crippen molar-refractivity contribution in [2.75, 3.05) is 25.0 Å². The molecular formula is C16H15F3N4O2S. The number of aromatic nitrogens is 1. The molecule has 10 heteroatoms. The molecule has 2 N–H and O–H groups in total. The number of piperidine rings is 1. The van der Waals surface area contributed by atoms with Crippen LogP contribution in [0.15, 0.2) is 18.3 Å². The maximum atomic E-state index is 12.4. The Bertz CT molecular complexity index is 882. The van der Waals surface area contributed by atoms with Crippen molar-refractivity contribution < 1.29 is 22.8 Å². The molecule has 138 valence electrons. The molecule has 2 bridgehead atoms. The third-order valence-electron chi connectivity index (χ3n) is 4.78. The van der Waals surface area contributed by atoms with Crippen molar-refractivity contribution in [2.24, 2.45) is 5.92 Å². The molecule has 2 aliphatic rings. The van der Waals surface area contributed by atoms with Crippen LogP contribution in [0.3, 0.4) is 0 Å². The molecule has 3 atom stereocenters. The van der Waals surface area contributed by atoms with Gasteiger partial charge in [-0.05, 0) is 31.0 Å². The minimum Gasteiger partial charge on any atom is -0.346 e. The van der Waals surface area contributed by atoms with E-state index in [0.717, 1.165) is 37.4 Å².